The number of carbonyl (C=O) groups is 1. The molecular weight excluding hydrogens is 396 g/mol. The van der Waals surface area contributed by atoms with Crippen molar-refractivity contribution in [3.05, 3.63) is 53.0 Å². The third-order valence-corrected chi connectivity index (χ3v) is 5.62. The van der Waals surface area contributed by atoms with Gasteiger partial charge in [0.25, 0.3) is 0 Å². The lowest BCUT2D eigenvalue weighted by Gasteiger charge is -2.09. The molecule has 0 aliphatic carbocycles. The lowest BCUT2D eigenvalue weighted by atomic mass is 10.3. The van der Waals surface area contributed by atoms with Crippen LogP contribution in [0.3, 0.4) is 0 Å². The molecule has 8 heteroatoms. The van der Waals surface area contributed by atoms with E-state index < -0.39 is 10.0 Å². The number of carbonyl (C=O) groups excluding carboxylic acids is 1. The zero-order valence-corrected chi connectivity index (χ0v) is 15.4. The van der Waals surface area contributed by atoms with E-state index in [1.54, 1.807) is 49.6 Å². The second kappa shape index (κ2) is 8.27. The standard InChI is InChI=1S/C16H17BrN2O4S/c1-23-13-8-6-12(7-9-13)19-16(20)10-11-18-24(21,22)15-5-3-2-4-14(15)17/h2-9,18H,10-11H2,1H3,(H,19,20). The monoisotopic (exact) mass is 412 g/mol. The van der Waals surface area contributed by atoms with E-state index in [1.165, 1.54) is 6.07 Å². The molecular formula is C16H17BrN2O4S. The number of benzene rings is 2. The van der Waals surface area contributed by atoms with E-state index in [1.807, 2.05) is 0 Å². The molecule has 0 atom stereocenters. The summed E-state index contributed by atoms with van der Waals surface area (Å²) in [6.07, 6.45) is 0.0235. The van der Waals surface area contributed by atoms with Crippen molar-refractivity contribution in [3.63, 3.8) is 0 Å². The number of hydrogen-bond donors (Lipinski definition) is 2. The normalized spacial score (nSPS) is 11.1. The number of nitrogens with one attached hydrogen (secondary N) is 2. The number of anilines is 1. The molecule has 2 aromatic rings. The number of rotatable bonds is 7. The molecule has 1 amide bonds. The Balaban J connectivity index is 1.86. The molecule has 0 unspecified atom stereocenters. The number of sulfonamides is 1. The first-order valence-electron chi connectivity index (χ1n) is 7.10. The van der Waals surface area contributed by atoms with Crippen LogP contribution in [0, 0.1) is 0 Å². The van der Waals surface area contributed by atoms with Crippen molar-refractivity contribution in [1.82, 2.24) is 4.72 Å². The second-order valence-corrected chi connectivity index (χ2v) is 7.44. The van der Waals surface area contributed by atoms with Crippen LogP contribution in [0.1, 0.15) is 6.42 Å². The average molecular weight is 413 g/mol. The molecule has 128 valence electrons. The highest BCUT2D eigenvalue weighted by molar-refractivity contribution is 9.10. The third kappa shape index (κ3) is 5.05. The van der Waals surface area contributed by atoms with Crippen LogP contribution >= 0.6 is 15.9 Å². The maximum atomic E-state index is 12.2. The zero-order chi connectivity index (χ0) is 17.6. The molecule has 0 aliphatic heterocycles. The fraction of sp³-hybridized carbons (Fsp3) is 0.188. The van der Waals surface area contributed by atoms with Gasteiger partial charge in [0.15, 0.2) is 0 Å². The molecule has 0 saturated heterocycles. The summed E-state index contributed by atoms with van der Waals surface area (Å²) in [6, 6.07) is 13.4. The van der Waals surface area contributed by atoms with E-state index in [9.17, 15) is 13.2 Å². The minimum Gasteiger partial charge on any atom is -0.497 e. The SMILES string of the molecule is COc1ccc(NC(=O)CCNS(=O)(=O)c2ccccc2Br)cc1. The zero-order valence-electron chi connectivity index (χ0n) is 13.0. The summed E-state index contributed by atoms with van der Waals surface area (Å²) in [6.45, 7) is 0.00561. The van der Waals surface area contributed by atoms with Gasteiger partial charge in [-0.2, -0.15) is 0 Å². The van der Waals surface area contributed by atoms with Crippen molar-refractivity contribution in [2.75, 3.05) is 19.0 Å². The molecule has 24 heavy (non-hydrogen) atoms. The molecule has 0 spiro atoms. The van der Waals surface area contributed by atoms with Crippen LogP contribution in [0.4, 0.5) is 5.69 Å². The largest absolute Gasteiger partial charge is 0.497 e. The van der Waals surface area contributed by atoms with E-state index in [0.29, 0.717) is 15.9 Å². The highest BCUT2D eigenvalue weighted by Crippen LogP contribution is 2.20. The first-order chi connectivity index (χ1) is 11.4. The Morgan fingerprint density at radius 3 is 2.42 bits per heavy atom. The quantitative estimate of drug-likeness (QED) is 0.731. The minimum atomic E-state index is -3.66. The summed E-state index contributed by atoms with van der Waals surface area (Å²) in [5.41, 5.74) is 0.620. The highest BCUT2D eigenvalue weighted by Gasteiger charge is 2.16. The van der Waals surface area contributed by atoms with Crippen molar-refractivity contribution >= 4 is 37.5 Å². The molecule has 0 bridgehead atoms. The van der Waals surface area contributed by atoms with E-state index in [4.69, 9.17) is 4.74 Å². The van der Waals surface area contributed by atoms with Crippen LogP contribution in [-0.4, -0.2) is 28.0 Å². The average Bonchev–Trinajstić information content (AvgIpc) is 2.55. The molecule has 2 rings (SSSR count). The molecule has 0 saturated carbocycles. The Bertz CT molecular complexity index is 807. The Morgan fingerprint density at radius 2 is 1.79 bits per heavy atom. The van der Waals surface area contributed by atoms with Crippen molar-refractivity contribution in [3.8, 4) is 5.75 Å². The van der Waals surface area contributed by atoms with Crippen LogP contribution in [0.2, 0.25) is 0 Å². The molecule has 0 aromatic heterocycles. The van der Waals surface area contributed by atoms with Crippen LogP contribution in [0.5, 0.6) is 5.75 Å². The van der Waals surface area contributed by atoms with Crippen LogP contribution in [0.25, 0.3) is 0 Å². The van der Waals surface area contributed by atoms with Crippen molar-refractivity contribution in [1.29, 1.82) is 0 Å². The summed E-state index contributed by atoms with van der Waals surface area (Å²) in [4.78, 5) is 12.0. The topological polar surface area (TPSA) is 84.5 Å². The first-order valence-corrected chi connectivity index (χ1v) is 9.38. The van der Waals surface area contributed by atoms with Crippen LogP contribution in [-0.2, 0) is 14.8 Å². The van der Waals surface area contributed by atoms with E-state index in [-0.39, 0.29) is 23.8 Å². The number of halogens is 1. The number of methoxy groups -OCH3 is 1. The molecule has 0 radical (unpaired) electrons. The van der Waals surface area contributed by atoms with Gasteiger partial charge in [0.1, 0.15) is 5.75 Å². The smallest absolute Gasteiger partial charge is 0.241 e. The molecule has 2 N–H and O–H groups in total. The lowest BCUT2D eigenvalue weighted by molar-refractivity contribution is -0.116. The number of ether oxygens (including phenoxy) is 1. The number of amides is 1. The molecule has 0 fully saturated rings. The van der Waals surface area contributed by atoms with Gasteiger partial charge in [-0.05, 0) is 52.3 Å². The molecule has 2 aromatic carbocycles. The van der Waals surface area contributed by atoms with E-state index in [0.717, 1.165) is 0 Å². The van der Waals surface area contributed by atoms with E-state index >= 15 is 0 Å². The van der Waals surface area contributed by atoms with Gasteiger partial charge < -0.3 is 10.1 Å². The first kappa shape index (κ1) is 18.4. The summed E-state index contributed by atoms with van der Waals surface area (Å²) < 4.78 is 32.3. The summed E-state index contributed by atoms with van der Waals surface area (Å²) in [5, 5.41) is 2.69. The van der Waals surface area contributed by atoms with Crippen molar-refractivity contribution in [2.45, 2.75) is 11.3 Å². The Morgan fingerprint density at radius 1 is 1.12 bits per heavy atom. The van der Waals surface area contributed by atoms with Gasteiger partial charge >= 0.3 is 0 Å². The van der Waals surface area contributed by atoms with Gasteiger partial charge in [-0.15, -0.1) is 0 Å². The van der Waals surface area contributed by atoms with Crippen LogP contribution < -0.4 is 14.8 Å². The van der Waals surface area contributed by atoms with Crippen LogP contribution in [0.15, 0.2) is 57.9 Å². The third-order valence-electron chi connectivity index (χ3n) is 3.14. The summed E-state index contributed by atoms with van der Waals surface area (Å²) in [7, 11) is -2.10. The van der Waals surface area contributed by atoms with Crippen molar-refractivity contribution < 1.29 is 17.9 Å². The number of hydrogen-bond acceptors (Lipinski definition) is 4. The Labute approximate surface area is 149 Å². The fourth-order valence-corrected chi connectivity index (χ4v) is 3.97. The van der Waals surface area contributed by atoms with Gasteiger partial charge in [-0.1, -0.05) is 12.1 Å². The van der Waals surface area contributed by atoms with Gasteiger partial charge in [-0.25, -0.2) is 13.1 Å². The summed E-state index contributed by atoms with van der Waals surface area (Å²) >= 11 is 3.20. The Kier molecular flexibility index (Phi) is 6.36. The predicted octanol–water partition coefficient (Wildman–Crippen LogP) is 2.76. The highest BCUT2D eigenvalue weighted by atomic mass is 79.9. The van der Waals surface area contributed by atoms with Gasteiger partial charge in [0, 0.05) is 23.1 Å². The predicted molar refractivity (Wildman–Crippen MR) is 95.6 cm³/mol. The fourth-order valence-electron chi connectivity index (χ4n) is 1.94. The van der Waals surface area contributed by atoms with Gasteiger partial charge in [-0.3, -0.25) is 4.79 Å². The maximum Gasteiger partial charge on any atom is 0.241 e. The lowest BCUT2D eigenvalue weighted by Crippen LogP contribution is -2.28. The maximum absolute atomic E-state index is 12.2. The van der Waals surface area contributed by atoms with Crippen molar-refractivity contribution in [2.24, 2.45) is 0 Å². The molecule has 0 aliphatic rings. The second-order valence-electron chi connectivity index (χ2n) is 4.85. The van der Waals surface area contributed by atoms with E-state index in [2.05, 4.69) is 26.0 Å². The molecule has 6 nitrogen and oxygen atoms in total. The summed E-state index contributed by atoms with van der Waals surface area (Å²) in [5.74, 6) is 0.407. The molecule has 0 heterocycles. The van der Waals surface area contributed by atoms with Gasteiger partial charge in [0.05, 0.1) is 12.0 Å². The Hall–Kier alpha value is -1.90. The van der Waals surface area contributed by atoms with Gasteiger partial charge in [0.2, 0.25) is 15.9 Å². The minimum absolute atomic E-state index is 0.00561.